The molecule has 2 rings (SSSR count). The van der Waals surface area contributed by atoms with Gasteiger partial charge in [0.25, 0.3) is 0 Å². The van der Waals surface area contributed by atoms with E-state index in [2.05, 4.69) is 4.98 Å². The molecule has 94 valence electrons. The molecule has 1 aromatic rings. The molecule has 1 fully saturated rings. The fraction of sp³-hybridized carbons (Fsp3) is 0.556. The van der Waals surface area contributed by atoms with Crippen LogP contribution in [0.5, 0.6) is 0 Å². The molecule has 0 bridgehead atoms. The van der Waals surface area contributed by atoms with Crippen molar-refractivity contribution in [3.63, 3.8) is 0 Å². The van der Waals surface area contributed by atoms with E-state index in [1.165, 1.54) is 6.20 Å². The molecule has 3 N–H and O–H groups in total. The second-order valence-corrected chi connectivity index (χ2v) is 4.91. The van der Waals surface area contributed by atoms with E-state index >= 15 is 0 Å². The van der Waals surface area contributed by atoms with Gasteiger partial charge in [-0.15, -0.1) is 0 Å². The summed E-state index contributed by atoms with van der Waals surface area (Å²) in [5.41, 5.74) is 4.81. The van der Waals surface area contributed by atoms with E-state index in [4.69, 9.17) is 15.6 Å². The van der Waals surface area contributed by atoms with Gasteiger partial charge in [-0.05, 0) is 22.6 Å². The van der Waals surface area contributed by atoms with E-state index in [1.54, 1.807) is 0 Å². The topological polar surface area (TPSA) is 90.4 Å². The number of alkyl halides is 1. The van der Waals surface area contributed by atoms with Crippen molar-refractivity contribution < 1.29 is 14.2 Å². The summed E-state index contributed by atoms with van der Waals surface area (Å²) in [6.45, 7) is -0.273. The summed E-state index contributed by atoms with van der Waals surface area (Å²) in [5, 5.41) is 8.90. The third-order valence-corrected chi connectivity index (χ3v) is 3.37. The first kappa shape index (κ1) is 12.7. The fourth-order valence-electron chi connectivity index (χ4n) is 1.70. The molecule has 1 aliphatic heterocycles. The number of nitrogens with two attached hydrogens (primary N) is 1. The van der Waals surface area contributed by atoms with Gasteiger partial charge in [-0.2, -0.15) is 4.98 Å². The fourth-order valence-corrected chi connectivity index (χ4v) is 2.12. The number of nitrogens with zero attached hydrogens (tertiary/aromatic N) is 2. The van der Waals surface area contributed by atoms with Crippen LogP contribution in [0.2, 0.25) is 0 Å². The summed E-state index contributed by atoms with van der Waals surface area (Å²) in [4.78, 5) is 15.2. The van der Waals surface area contributed by atoms with Crippen LogP contribution in [0.25, 0.3) is 0 Å². The van der Waals surface area contributed by atoms with Crippen molar-refractivity contribution in [1.82, 2.24) is 9.55 Å². The van der Waals surface area contributed by atoms with Crippen LogP contribution in [0.3, 0.4) is 0 Å². The Hall–Kier alpha value is -0.740. The lowest BCUT2D eigenvalue weighted by atomic mass is 10.2. The molecule has 3 atom stereocenters. The first-order valence-corrected chi connectivity index (χ1v) is 6.05. The quantitative estimate of drug-likeness (QED) is 0.732. The Morgan fingerprint density at radius 1 is 1.76 bits per heavy atom. The van der Waals surface area contributed by atoms with Crippen molar-refractivity contribution >= 4 is 28.4 Å². The van der Waals surface area contributed by atoms with E-state index < -0.39 is 24.2 Å². The highest BCUT2D eigenvalue weighted by molar-refractivity contribution is 14.1. The molecule has 0 unspecified atom stereocenters. The van der Waals surface area contributed by atoms with Crippen LogP contribution >= 0.6 is 22.6 Å². The third-order valence-electron chi connectivity index (χ3n) is 2.54. The molecular formula is C9H11FIN3O3. The van der Waals surface area contributed by atoms with Crippen LogP contribution < -0.4 is 11.4 Å². The summed E-state index contributed by atoms with van der Waals surface area (Å²) < 4.78 is 20.5. The van der Waals surface area contributed by atoms with E-state index in [9.17, 15) is 9.18 Å². The van der Waals surface area contributed by atoms with Gasteiger partial charge in [-0.3, -0.25) is 4.57 Å². The van der Waals surface area contributed by atoms with Crippen LogP contribution in [-0.2, 0) is 4.74 Å². The number of aliphatic hydroxyl groups is 1. The SMILES string of the molecule is Nc1nc(=O)n([C@H]2O[C@@H](CO)C[C@H]2F)cc1I. The van der Waals surface area contributed by atoms with Crippen LogP contribution in [0.1, 0.15) is 12.6 Å². The molecular weight excluding hydrogens is 344 g/mol. The Balaban J connectivity index is 2.35. The maximum atomic E-state index is 13.7. The van der Waals surface area contributed by atoms with E-state index in [0.29, 0.717) is 3.57 Å². The molecule has 0 amide bonds. The Morgan fingerprint density at radius 3 is 3.06 bits per heavy atom. The first-order chi connectivity index (χ1) is 8.02. The predicted molar refractivity (Wildman–Crippen MR) is 66.1 cm³/mol. The molecule has 1 aromatic heterocycles. The highest BCUT2D eigenvalue weighted by Crippen LogP contribution is 2.30. The number of nitrogen functional groups attached to an aromatic ring is 1. The summed E-state index contributed by atoms with van der Waals surface area (Å²) >= 11 is 1.90. The molecule has 0 saturated carbocycles. The van der Waals surface area contributed by atoms with Gasteiger partial charge >= 0.3 is 5.69 Å². The standard InChI is InChI=1S/C9H11FIN3O3/c10-5-1-4(3-15)17-8(5)14-2-6(11)7(12)13-9(14)16/h2,4-5,8,15H,1,3H2,(H2,12,13,16)/t4-,5-,8+/m1/s1. The maximum Gasteiger partial charge on any atom is 0.351 e. The highest BCUT2D eigenvalue weighted by atomic mass is 127. The van der Waals surface area contributed by atoms with E-state index in [0.717, 1.165) is 4.57 Å². The molecule has 8 heteroatoms. The summed E-state index contributed by atoms with van der Waals surface area (Å²) in [6, 6.07) is 0. The van der Waals surface area contributed by atoms with Crippen molar-refractivity contribution in [2.45, 2.75) is 24.9 Å². The van der Waals surface area contributed by atoms with Gasteiger partial charge in [-0.1, -0.05) is 0 Å². The van der Waals surface area contributed by atoms with Gasteiger partial charge in [0, 0.05) is 12.6 Å². The smallest absolute Gasteiger partial charge is 0.351 e. The van der Waals surface area contributed by atoms with Crippen molar-refractivity contribution in [2.75, 3.05) is 12.3 Å². The van der Waals surface area contributed by atoms with E-state index in [1.807, 2.05) is 22.6 Å². The second kappa shape index (κ2) is 4.86. The zero-order valence-corrected chi connectivity index (χ0v) is 10.9. The number of hydrogen-bond donors (Lipinski definition) is 2. The minimum Gasteiger partial charge on any atom is -0.394 e. The number of anilines is 1. The Labute approximate surface area is 110 Å². The second-order valence-electron chi connectivity index (χ2n) is 3.75. The average molecular weight is 355 g/mol. The number of ether oxygens (including phenoxy) is 1. The van der Waals surface area contributed by atoms with Gasteiger partial charge in [0.1, 0.15) is 12.0 Å². The molecule has 6 nitrogen and oxygen atoms in total. The largest absolute Gasteiger partial charge is 0.394 e. The first-order valence-electron chi connectivity index (χ1n) is 4.97. The van der Waals surface area contributed by atoms with Gasteiger partial charge in [-0.25, -0.2) is 9.18 Å². The molecule has 2 heterocycles. The number of aliphatic hydroxyl groups excluding tert-OH is 1. The van der Waals surface area contributed by atoms with Crippen LogP contribution in [0, 0.1) is 3.57 Å². The van der Waals surface area contributed by atoms with Crippen LogP contribution in [0.15, 0.2) is 11.0 Å². The maximum absolute atomic E-state index is 13.7. The highest BCUT2D eigenvalue weighted by Gasteiger charge is 2.37. The third kappa shape index (κ3) is 2.43. The normalized spacial score (nSPS) is 28.5. The molecule has 17 heavy (non-hydrogen) atoms. The lowest BCUT2D eigenvalue weighted by Crippen LogP contribution is -2.31. The van der Waals surface area contributed by atoms with Gasteiger partial charge in [0.05, 0.1) is 16.3 Å². The molecule has 0 aromatic carbocycles. The Bertz CT molecular complexity index is 481. The minimum absolute atomic E-state index is 0.0640. The monoisotopic (exact) mass is 355 g/mol. The average Bonchev–Trinajstić information content (AvgIpc) is 2.65. The van der Waals surface area contributed by atoms with E-state index in [-0.39, 0.29) is 18.8 Å². The van der Waals surface area contributed by atoms with Crippen molar-refractivity contribution in [3.8, 4) is 0 Å². The van der Waals surface area contributed by atoms with Crippen LogP contribution in [-0.4, -0.2) is 33.5 Å². The number of hydrogen-bond acceptors (Lipinski definition) is 5. The lowest BCUT2D eigenvalue weighted by Gasteiger charge is -2.16. The molecule has 0 radical (unpaired) electrons. The molecule has 0 aliphatic carbocycles. The minimum atomic E-state index is -1.34. The van der Waals surface area contributed by atoms with Crippen LogP contribution in [0.4, 0.5) is 10.2 Å². The lowest BCUT2D eigenvalue weighted by molar-refractivity contribution is -0.0394. The molecule has 1 saturated heterocycles. The zero-order chi connectivity index (χ0) is 12.6. The van der Waals surface area contributed by atoms with Crippen molar-refractivity contribution in [3.05, 3.63) is 20.3 Å². The molecule has 1 aliphatic rings. The van der Waals surface area contributed by atoms with Crippen molar-refractivity contribution in [1.29, 1.82) is 0 Å². The molecule has 0 spiro atoms. The summed E-state index contributed by atoms with van der Waals surface area (Å²) in [6.07, 6.45) is -1.50. The number of aromatic nitrogens is 2. The number of rotatable bonds is 2. The Kier molecular flexibility index (Phi) is 3.64. The summed E-state index contributed by atoms with van der Waals surface area (Å²) in [7, 11) is 0. The van der Waals surface area contributed by atoms with Gasteiger partial charge in [0.15, 0.2) is 6.23 Å². The zero-order valence-electron chi connectivity index (χ0n) is 8.72. The predicted octanol–water partition coefficient (Wildman–Crippen LogP) is 0.0480. The van der Waals surface area contributed by atoms with Gasteiger partial charge < -0.3 is 15.6 Å². The van der Waals surface area contributed by atoms with Gasteiger partial charge in [0.2, 0.25) is 0 Å². The number of halogens is 2. The van der Waals surface area contributed by atoms with Crippen molar-refractivity contribution in [2.24, 2.45) is 0 Å². The Morgan fingerprint density at radius 2 is 2.47 bits per heavy atom. The summed E-state index contributed by atoms with van der Waals surface area (Å²) in [5.74, 6) is 0.110.